The highest BCUT2D eigenvalue weighted by atomic mass is 32.1. The third-order valence-corrected chi connectivity index (χ3v) is 6.60. The van der Waals surface area contributed by atoms with Crippen LogP contribution < -0.4 is 9.64 Å². The summed E-state index contributed by atoms with van der Waals surface area (Å²) in [5.74, 6) is -0.351. The first-order valence-corrected chi connectivity index (χ1v) is 11.7. The number of aromatic nitrogens is 3. The van der Waals surface area contributed by atoms with Gasteiger partial charge in [0.1, 0.15) is 6.61 Å². The molecule has 1 aliphatic heterocycles. The number of ether oxygens (including phenoxy) is 1. The standard InChI is InChI=1S/C24H25FN4O3S/c1-2-16-12-26-24(27-13-16)29-9-7-18(8-10-29)23-28-19(15-33-23)14-32-21-5-3-17(11-20(21)25)4-6-22(30)31/h3-6,11-13,15,18H,2,7-10,14H2,1H3,(H,30,31)/b6-4+. The van der Waals surface area contributed by atoms with Crippen LogP contribution in [0.15, 0.2) is 42.0 Å². The van der Waals surface area contributed by atoms with Gasteiger partial charge in [0.2, 0.25) is 5.95 Å². The zero-order valence-electron chi connectivity index (χ0n) is 18.3. The topological polar surface area (TPSA) is 88.4 Å². The lowest BCUT2D eigenvalue weighted by Crippen LogP contribution is -2.34. The van der Waals surface area contributed by atoms with Gasteiger partial charge in [-0.3, -0.25) is 0 Å². The number of anilines is 1. The third-order valence-electron chi connectivity index (χ3n) is 5.55. The number of hydrogen-bond acceptors (Lipinski definition) is 7. The number of halogens is 1. The van der Waals surface area contributed by atoms with Gasteiger partial charge < -0.3 is 14.7 Å². The van der Waals surface area contributed by atoms with E-state index in [4.69, 9.17) is 14.8 Å². The van der Waals surface area contributed by atoms with Crippen LogP contribution in [0.3, 0.4) is 0 Å². The third kappa shape index (κ3) is 5.92. The van der Waals surface area contributed by atoms with Crippen LogP contribution in [0.5, 0.6) is 5.75 Å². The number of carboxylic acid groups (broad SMARTS) is 1. The molecule has 1 N–H and O–H groups in total. The summed E-state index contributed by atoms with van der Waals surface area (Å²) in [4.78, 5) is 26.5. The largest absolute Gasteiger partial charge is 0.484 e. The van der Waals surface area contributed by atoms with Crippen molar-refractivity contribution in [2.75, 3.05) is 18.0 Å². The Hall–Kier alpha value is -3.33. The lowest BCUT2D eigenvalue weighted by Gasteiger charge is -2.31. The number of nitrogens with zero attached hydrogens (tertiary/aromatic N) is 4. The first-order chi connectivity index (χ1) is 16.0. The van der Waals surface area contributed by atoms with Gasteiger partial charge in [-0.2, -0.15) is 0 Å². The SMILES string of the molecule is CCc1cnc(N2CCC(c3nc(COc4ccc(/C=C/C(=O)O)cc4F)cs3)CC2)nc1. The molecule has 0 atom stereocenters. The maximum atomic E-state index is 14.3. The first-order valence-electron chi connectivity index (χ1n) is 10.9. The molecule has 7 nitrogen and oxygen atoms in total. The van der Waals surface area contributed by atoms with Crippen LogP contribution in [-0.2, 0) is 17.8 Å². The summed E-state index contributed by atoms with van der Waals surface area (Å²) in [5.41, 5.74) is 2.36. The van der Waals surface area contributed by atoms with Crippen molar-refractivity contribution in [3.8, 4) is 5.75 Å². The predicted octanol–water partition coefficient (Wildman–Crippen LogP) is 4.70. The molecule has 3 heterocycles. The second-order valence-electron chi connectivity index (χ2n) is 7.83. The molecule has 1 aliphatic rings. The van der Waals surface area contributed by atoms with Crippen molar-refractivity contribution < 1.29 is 19.0 Å². The number of carboxylic acids is 1. The smallest absolute Gasteiger partial charge is 0.328 e. The Morgan fingerprint density at radius 1 is 1.30 bits per heavy atom. The molecule has 0 unspecified atom stereocenters. The fourth-order valence-electron chi connectivity index (χ4n) is 3.65. The van der Waals surface area contributed by atoms with E-state index in [0.717, 1.165) is 60.6 Å². The molecule has 33 heavy (non-hydrogen) atoms. The van der Waals surface area contributed by atoms with Crippen LogP contribution in [-0.4, -0.2) is 39.1 Å². The second kappa shape index (κ2) is 10.5. The molecule has 0 radical (unpaired) electrons. The molecule has 0 saturated carbocycles. The van der Waals surface area contributed by atoms with Crippen molar-refractivity contribution in [2.45, 2.75) is 38.7 Å². The molecule has 0 aliphatic carbocycles. The van der Waals surface area contributed by atoms with Crippen molar-refractivity contribution >= 4 is 29.3 Å². The van der Waals surface area contributed by atoms with Crippen molar-refractivity contribution in [3.05, 3.63) is 69.7 Å². The van der Waals surface area contributed by atoms with E-state index < -0.39 is 11.8 Å². The van der Waals surface area contributed by atoms with Crippen molar-refractivity contribution in [1.29, 1.82) is 0 Å². The highest BCUT2D eigenvalue weighted by Gasteiger charge is 2.24. The van der Waals surface area contributed by atoms with Crippen molar-refractivity contribution in [3.63, 3.8) is 0 Å². The lowest BCUT2D eigenvalue weighted by atomic mass is 9.98. The lowest BCUT2D eigenvalue weighted by molar-refractivity contribution is -0.131. The summed E-state index contributed by atoms with van der Waals surface area (Å²) in [6.07, 6.45) is 8.97. The molecule has 1 fully saturated rings. The van der Waals surface area contributed by atoms with Crippen molar-refractivity contribution in [1.82, 2.24) is 15.0 Å². The van der Waals surface area contributed by atoms with Gasteiger partial charge in [0.25, 0.3) is 0 Å². The monoisotopic (exact) mass is 468 g/mol. The summed E-state index contributed by atoms with van der Waals surface area (Å²) in [6, 6.07) is 4.35. The summed E-state index contributed by atoms with van der Waals surface area (Å²) in [7, 11) is 0. The Kier molecular flexibility index (Phi) is 7.29. The molecule has 1 aromatic carbocycles. The number of piperidine rings is 1. The zero-order valence-corrected chi connectivity index (χ0v) is 19.1. The van der Waals surface area contributed by atoms with Crippen LogP contribution in [0.25, 0.3) is 6.08 Å². The first kappa shape index (κ1) is 22.8. The average Bonchev–Trinajstić information content (AvgIpc) is 3.31. The highest BCUT2D eigenvalue weighted by Crippen LogP contribution is 2.31. The molecular formula is C24H25FN4O3S. The summed E-state index contributed by atoms with van der Waals surface area (Å²) in [6.45, 7) is 4.03. The Balaban J connectivity index is 1.30. The van der Waals surface area contributed by atoms with Crippen LogP contribution in [0.1, 0.15) is 47.5 Å². The number of carbonyl (C=O) groups is 1. The summed E-state index contributed by atoms with van der Waals surface area (Å²) < 4.78 is 19.9. The average molecular weight is 469 g/mol. The number of thiazole rings is 1. The van der Waals surface area contributed by atoms with Gasteiger partial charge in [0.05, 0.1) is 10.7 Å². The van der Waals surface area contributed by atoms with E-state index in [9.17, 15) is 9.18 Å². The van der Waals surface area contributed by atoms with E-state index >= 15 is 0 Å². The molecule has 9 heteroatoms. The highest BCUT2D eigenvalue weighted by molar-refractivity contribution is 7.09. The number of hydrogen-bond donors (Lipinski definition) is 1. The Morgan fingerprint density at radius 2 is 2.06 bits per heavy atom. The van der Waals surface area contributed by atoms with Gasteiger partial charge in [-0.25, -0.2) is 24.1 Å². The minimum absolute atomic E-state index is 0.111. The Labute approximate surface area is 195 Å². The van der Waals surface area contributed by atoms with E-state index in [1.165, 1.54) is 18.2 Å². The molecule has 1 saturated heterocycles. The van der Waals surface area contributed by atoms with Gasteiger partial charge in [0.15, 0.2) is 11.6 Å². The van der Waals surface area contributed by atoms with Gasteiger partial charge in [-0.1, -0.05) is 13.0 Å². The summed E-state index contributed by atoms with van der Waals surface area (Å²) in [5, 5.41) is 11.7. The zero-order chi connectivity index (χ0) is 23.2. The normalized spacial score (nSPS) is 14.7. The van der Waals surface area contributed by atoms with Gasteiger partial charge >= 0.3 is 5.97 Å². The molecule has 172 valence electrons. The number of benzene rings is 1. The van der Waals surface area contributed by atoms with Crippen LogP contribution in [0.4, 0.5) is 10.3 Å². The minimum atomic E-state index is -1.08. The van der Waals surface area contributed by atoms with Crippen LogP contribution >= 0.6 is 11.3 Å². The molecule has 4 rings (SSSR count). The second-order valence-corrected chi connectivity index (χ2v) is 8.72. The van der Waals surface area contributed by atoms with Crippen LogP contribution in [0, 0.1) is 5.82 Å². The fraction of sp³-hybridized carbons (Fsp3) is 0.333. The van der Waals surface area contributed by atoms with E-state index in [1.54, 1.807) is 17.4 Å². The minimum Gasteiger partial charge on any atom is -0.484 e. The molecule has 0 amide bonds. The van der Waals surface area contributed by atoms with Crippen LogP contribution in [0.2, 0.25) is 0 Å². The molecule has 2 aromatic heterocycles. The van der Waals surface area contributed by atoms with Crippen molar-refractivity contribution in [2.24, 2.45) is 0 Å². The maximum Gasteiger partial charge on any atom is 0.328 e. The quantitative estimate of drug-likeness (QED) is 0.480. The summed E-state index contributed by atoms with van der Waals surface area (Å²) >= 11 is 1.61. The number of rotatable bonds is 8. The molecule has 0 spiro atoms. The van der Waals surface area contributed by atoms with Gasteiger partial charge in [-0.15, -0.1) is 11.3 Å². The van der Waals surface area contributed by atoms with E-state index in [-0.39, 0.29) is 12.4 Å². The van der Waals surface area contributed by atoms with E-state index in [1.807, 2.05) is 17.8 Å². The Morgan fingerprint density at radius 3 is 2.73 bits per heavy atom. The number of aryl methyl sites for hydroxylation is 1. The predicted molar refractivity (Wildman–Crippen MR) is 125 cm³/mol. The molecule has 3 aromatic rings. The molecular weight excluding hydrogens is 443 g/mol. The number of aliphatic carboxylic acids is 1. The van der Waals surface area contributed by atoms with Gasteiger partial charge in [-0.05, 0) is 48.6 Å². The fourth-order valence-corrected chi connectivity index (χ4v) is 4.63. The van der Waals surface area contributed by atoms with E-state index in [0.29, 0.717) is 11.5 Å². The molecule has 0 bridgehead atoms. The van der Waals surface area contributed by atoms with Gasteiger partial charge in [0, 0.05) is 42.9 Å². The Bertz CT molecular complexity index is 1120. The van der Waals surface area contributed by atoms with E-state index in [2.05, 4.69) is 21.8 Å². The maximum absolute atomic E-state index is 14.3.